The Kier molecular flexibility index (Phi) is 8.90. The quantitative estimate of drug-likeness (QED) is 0.145. The minimum absolute atomic E-state index is 0.189. The lowest BCUT2D eigenvalue weighted by molar-refractivity contribution is 0.282. The molecule has 0 fully saturated rings. The molecule has 1 heterocycles. The predicted octanol–water partition coefficient (Wildman–Crippen LogP) is 8.60. The molecule has 4 aromatic carbocycles. The maximum atomic E-state index is 10.2. The van der Waals surface area contributed by atoms with E-state index in [1.807, 2.05) is 91.0 Å². The fraction of sp³-hybridized carbons (Fsp3) is 0.118. The van der Waals surface area contributed by atoms with Crippen LogP contribution in [0.3, 0.4) is 0 Å². The van der Waals surface area contributed by atoms with Gasteiger partial charge in [0, 0.05) is 17.3 Å². The van der Waals surface area contributed by atoms with Crippen molar-refractivity contribution in [2.45, 2.75) is 6.61 Å². The van der Waals surface area contributed by atoms with E-state index in [0.717, 1.165) is 22.3 Å². The Morgan fingerprint density at radius 1 is 0.833 bits per heavy atom. The summed E-state index contributed by atoms with van der Waals surface area (Å²) >= 11 is 3.60. The summed E-state index contributed by atoms with van der Waals surface area (Å²) in [5.74, 6) is 3.26. The Labute approximate surface area is 252 Å². The van der Waals surface area contributed by atoms with Gasteiger partial charge in [0.1, 0.15) is 35.5 Å². The summed E-state index contributed by atoms with van der Waals surface area (Å²) in [7, 11) is 4.81. The summed E-state index contributed by atoms with van der Waals surface area (Å²) in [5, 5.41) is 10.2. The minimum Gasteiger partial charge on any atom is -0.497 e. The van der Waals surface area contributed by atoms with Crippen LogP contribution in [0.5, 0.6) is 23.0 Å². The maximum absolute atomic E-state index is 10.2. The second-order valence-electron chi connectivity index (χ2n) is 9.12. The van der Waals surface area contributed by atoms with E-state index in [-0.39, 0.29) is 5.88 Å². The van der Waals surface area contributed by atoms with E-state index in [1.165, 1.54) is 0 Å². The molecule has 0 amide bonds. The van der Waals surface area contributed by atoms with E-state index in [4.69, 9.17) is 23.4 Å². The fourth-order valence-corrected chi connectivity index (χ4v) is 4.98. The van der Waals surface area contributed by atoms with Gasteiger partial charge in [-0.1, -0.05) is 42.5 Å². The third-order valence-electron chi connectivity index (χ3n) is 6.54. The van der Waals surface area contributed by atoms with Gasteiger partial charge in [-0.05, 0) is 81.2 Å². The molecule has 0 bridgehead atoms. The summed E-state index contributed by atoms with van der Waals surface area (Å²) < 4.78 is 29.3. The van der Waals surface area contributed by atoms with Crippen LogP contribution < -0.4 is 18.9 Å². The fourth-order valence-electron chi connectivity index (χ4n) is 4.41. The van der Waals surface area contributed by atoms with Gasteiger partial charge in [-0.3, -0.25) is 0 Å². The van der Waals surface area contributed by atoms with Crippen molar-refractivity contribution in [3.05, 3.63) is 112 Å². The Hall–Kier alpha value is -5.00. The highest BCUT2D eigenvalue weighted by atomic mass is 79.9. The van der Waals surface area contributed by atoms with Crippen molar-refractivity contribution in [1.29, 1.82) is 5.26 Å². The van der Waals surface area contributed by atoms with Crippen LogP contribution in [0.2, 0.25) is 0 Å². The van der Waals surface area contributed by atoms with Gasteiger partial charge in [0.2, 0.25) is 5.88 Å². The van der Waals surface area contributed by atoms with Gasteiger partial charge in [-0.15, -0.1) is 0 Å². The number of rotatable bonds is 10. The summed E-state index contributed by atoms with van der Waals surface area (Å²) in [4.78, 5) is 4.61. The Balaban J connectivity index is 1.52. The number of furan rings is 1. The normalized spacial score (nSPS) is 10.8. The van der Waals surface area contributed by atoms with Crippen LogP contribution >= 0.6 is 15.9 Å². The van der Waals surface area contributed by atoms with Gasteiger partial charge < -0.3 is 23.4 Å². The monoisotopic (exact) mass is 622 g/mol. The number of nitrogens with zero attached hydrogens (tertiary/aromatic N) is 2. The molecule has 0 N–H and O–H groups in total. The van der Waals surface area contributed by atoms with Crippen molar-refractivity contribution in [2.24, 2.45) is 4.99 Å². The molecule has 5 rings (SSSR count). The molecule has 42 heavy (non-hydrogen) atoms. The van der Waals surface area contributed by atoms with E-state index in [9.17, 15) is 5.26 Å². The van der Waals surface area contributed by atoms with Crippen molar-refractivity contribution in [1.82, 2.24) is 0 Å². The lowest BCUT2D eigenvalue weighted by atomic mass is 9.98. The number of nitriles is 1. The minimum atomic E-state index is 0.189. The third kappa shape index (κ3) is 6.17. The molecule has 0 unspecified atom stereocenters. The average molecular weight is 624 g/mol. The largest absolute Gasteiger partial charge is 0.497 e. The lowest BCUT2D eigenvalue weighted by Gasteiger charge is -2.13. The second kappa shape index (κ2) is 13.1. The van der Waals surface area contributed by atoms with Gasteiger partial charge in [-0.25, -0.2) is 4.99 Å². The highest BCUT2D eigenvalue weighted by molar-refractivity contribution is 9.10. The Morgan fingerprint density at radius 3 is 2.07 bits per heavy atom. The van der Waals surface area contributed by atoms with Crippen molar-refractivity contribution < 1.29 is 23.4 Å². The van der Waals surface area contributed by atoms with Crippen LogP contribution in [0.15, 0.2) is 105 Å². The maximum Gasteiger partial charge on any atom is 0.238 e. The van der Waals surface area contributed by atoms with Crippen LogP contribution in [0, 0.1) is 11.3 Å². The summed E-state index contributed by atoms with van der Waals surface area (Å²) in [6.45, 7) is 0.392. The van der Waals surface area contributed by atoms with Gasteiger partial charge in [-0.2, -0.15) is 5.26 Å². The smallest absolute Gasteiger partial charge is 0.238 e. The predicted molar refractivity (Wildman–Crippen MR) is 166 cm³/mol. The van der Waals surface area contributed by atoms with Gasteiger partial charge >= 0.3 is 0 Å². The molecule has 0 spiro atoms. The lowest BCUT2D eigenvalue weighted by Crippen LogP contribution is -1.99. The topological polar surface area (TPSA) is 86.2 Å². The molecule has 0 atom stereocenters. The van der Waals surface area contributed by atoms with Crippen molar-refractivity contribution in [3.8, 4) is 51.5 Å². The Morgan fingerprint density at radius 2 is 1.48 bits per heavy atom. The van der Waals surface area contributed by atoms with E-state index >= 15 is 0 Å². The van der Waals surface area contributed by atoms with Crippen LogP contribution in [-0.4, -0.2) is 27.5 Å². The second-order valence-corrected chi connectivity index (χ2v) is 9.98. The van der Waals surface area contributed by atoms with E-state index < -0.39 is 0 Å². The molecule has 210 valence electrons. The van der Waals surface area contributed by atoms with Gasteiger partial charge in [0.05, 0.1) is 25.8 Å². The number of hydrogen-bond donors (Lipinski definition) is 0. The molecule has 0 aliphatic rings. The zero-order chi connectivity index (χ0) is 29.5. The average Bonchev–Trinajstić information content (AvgIpc) is 3.42. The highest BCUT2D eigenvalue weighted by Crippen LogP contribution is 2.43. The SMILES string of the molecule is COc1ccc(-c2oc(N=Cc3cc(Br)c(OCc4ccccc4)c(OC)c3)c(C#N)c2-c2ccc(OC)cc2)cc1. The van der Waals surface area contributed by atoms with Crippen LogP contribution in [0.1, 0.15) is 16.7 Å². The first-order valence-electron chi connectivity index (χ1n) is 13.0. The number of hydrogen-bond acceptors (Lipinski definition) is 7. The number of benzene rings is 4. The summed E-state index contributed by atoms with van der Waals surface area (Å²) in [5.41, 5.74) is 4.30. The van der Waals surface area contributed by atoms with Crippen LogP contribution in [-0.2, 0) is 6.61 Å². The summed E-state index contributed by atoms with van der Waals surface area (Å²) in [6.07, 6.45) is 1.63. The number of aliphatic imine (C=N–C) groups is 1. The highest BCUT2D eigenvalue weighted by Gasteiger charge is 2.23. The van der Waals surface area contributed by atoms with Crippen molar-refractivity contribution >= 4 is 28.0 Å². The van der Waals surface area contributed by atoms with E-state index in [0.29, 0.717) is 51.0 Å². The molecule has 0 saturated heterocycles. The zero-order valence-corrected chi connectivity index (χ0v) is 24.8. The molecule has 0 saturated carbocycles. The standard InChI is InChI=1S/C34H27BrN2O5/c1-38-26-13-9-24(10-14-26)31-28(19-36)34(42-32(31)25-11-15-27(39-2)16-12-25)37-20-23-17-29(35)33(30(18-23)40-3)41-21-22-7-5-4-6-8-22/h4-18,20H,21H2,1-3H3. The first kappa shape index (κ1) is 28.5. The van der Waals surface area contributed by atoms with E-state index in [1.54, 1.807) is 27.5 Å². The molecule has 7 nitrogen and oxygen atoms in total. The molecular formula is C34H27BrN2O5. The molecule has 0 aliphatic carbocycles. The molecular weight excluding hydrogens is 596 g/mol. The number of ether oxygens (including phenoxy) is 4. The van der Waals surface area contributed by atoms with Crippen LogP contribution in [0.25, 0.3) is 22.5 Å². The molecule has 5 aromatic rings. The molecule has 0 aliphatic heterocycles. The number of halogens is 1. The van der Waals surface area contributed by atoms with Crippen molar-refractivity contribution in [2.75, 3.05) is 21.3 Å². The van der Waals surface area contributed by atoms with Gasteiger partial charge in [0.25, 0.3) is 0 Å². The van der Waals surface area contributed by atoms with Crippen LogP contribution in [0.4, 0.5) is 5.88 Å². The summed E-state index contributed by atoms with van der Waals surface area (Å²) in [6, 6.07) is 30.8. The van der Waals surface area contributed by atoms with Gasteiger partial charge in [0.15, 0.2) is 11.5 Å². The third-order valence-corrected chi connectivity index (χ3v) is 7.13. The molecule has 8 heteroatoms. The number of methoxy groups -OCH3 is 3. The first-order chi connectivity index (χ1) is 20.5. The molecule has 1 aromatic heterocycles. The Bertz CT molecular complexity index is 1740. The van der Waals surface area contributed by atoms with Crippen molar-refractivity contribution in [3.63, 3.8) is 0 Å². The molecule has 0 radical (unpaired) electrons. The first-order valence-corrected chi connectivity index (χ1v) is 13.8. The van der Waals surface area contributed by atoms with E-state index in [2.05, 4.69) is 27.0 Å². The zero-order valence-electron chi connectivity index (χ0n) is 23.3.